The molecule has 0 amide bonds. The van der Waals surface area contributed by atoms with E-state index in [1.807, 2.05) is 19.4 Å². The fraction of sp³-hybridized carbons (Fsp3) is 0.636. The number of hydrogen-bond donors (Lipinski definition) is 1. The van der Waals surface area contributed by atoms with Crippen LogP contribution in [0.4, 0.5) is 5.95 Å². The van der Waals surface area contributed by atoms with Crippen molar-refractivity contribution >= 4 is 5.95 Å². The van der Waals surface area contributed by atoms with Crippen LogP contribution in [0.15, 0.2) is 12.4 Å². The highest BCUT2D eigenvalue weighted by Gasteiger charge is 2.06. The van der Waals surface area contributed by atoms with Gasteiger partial charge in [-0.15, -0.1) is 0 Å². The van der Waals surface area contributed by atoms with Gasteiger partial charge in [0.15, 0.2) is 0 Å². The van der Waals surface area contributed by atoms with E-state index in [1.165, 1.54) is 0 Å². The average molecular weight is 224 g/mol. The van der Waals surface area contributed by atoms with E-state index in [-0.39, 0.29) is 0 Å². The zero-order valence-corrected chi connectivity index (χ0v) is 10.2. The van der Waals surface area contributed by atoms with Crippen LogP contribution in [-0.2, 0) is 11.3 Å². The number of aromatic nitrogens is 2. The van der Waals surface area contributed by atoms with E-state index in [0.29, 0.717) is 6.61 Å². The molecule has 1 aromatic heterocycles. The summed E-state index contributed by atoms with van der Waals surface area (Å²) in [6.07, 6.45) is 3.71. The first kappa shape index (κ1) is 12.9. The van der Waals surface area contributed by atoms with Gasteiger partial charge in [0, 0.05) is 44.7 Å². The smallest absolute Gasteiger partial charge is 0.225 e. The molecule has 0 aromatic carbocycles. The molecule has 1 rings (SSSR count). The van der Waals surface area contributed by atoms with E-state index < -0.39 is 0 Å². The molecular formula is C11H20N4O. The predicted octanol–water partition coefficient (Wildman–Crippen LogP) is 0.669. The highest BCUT2D eigenvalue weighted by molar-refractivity contribution is 5.29. The third kappa shape index (κ3) is 3.75. The van der Waals surface area contributed by atoms with Crippen molar-refractivity contribution in [3.8, 4) is 0 Å². The maximum absolute atomic E-state index is 5.05. The first-order valence-electron chi connectivity index (χ1n) is 5.51. The summed E-state index contributed by atoms with van der Waals surface area (Å²) in [5, 5.41) is 3.07. The SMILES string of the molecule is CCN(CCOC)c1ncc(CNC)cn1. The fourth-order valence-corrected chi connectivity index (χ4v) is 1.41. The van der Waals surface area contributed by atoms with Gasteiger partial charge in [-0.05, 0) is 14.0 Å². The van der Waals surface area contributed by atoms with E-state index >= 15 is 0 Å². The van der Waals surface area contributed by atoms with Crippen LogP contribution < -0.4 is 10.2 Å². The van der Waals surface area contributed by atoms with Crippen molar-refractivity contribution < 1.29 is 4.74 Å². The Balaban J connectivity index is 2.62. The maximum Gasteiger partial charge on any atom is 0.225 e. The minimum absolute atomic E-state index is 0.690. The van der Waals surface area contributed by atoms with Gasteiger partial charge in [0.1, 0.15) is 0 Å². The largest absolute Gasteiger partial charge is 0.383 e. The maximum atomic E-state index is 5.05. The van der Waals surface area contributed by atoms with Crippen LogP contribution in [-0.4, -0.2) is 43.8 Å². The van der Waals surface area contributed by atoms with Crippen LogP contribution in [0.25, 0.3) is 0 Å². The topological polar surface area (TPSA) is 50.3 Å². The Morgan fingerprint density at radius 2 is 2.06 bits per heavy atom. The summed E-state index contributed by atoms with van der Waals surface area (Å²) in [5.74, 6) is 0.763. The highest BCUT2D eigenvalue weighted by Crippen LogP contribution is 2.06. The average Bonchev–Trinajstić information content (AvgIpc) is 2.32. The van der Waals surface area contributed by atoms with E-state index in [4.69, 9.17) is 4.74 Å². The Bertz CT molecular complexity index is 289. The summed E-state index contributed by atoms with van der Waals surface area (Å²) < 4.78 is 5.05. The number of methoxy groups -OCH3 is 1. The van der Waals surface area contributed by atoms with Crippen molar-refractivity contribution in [2.75, 3.05) is 38.8 Å². The molecule has 0 radical (unpaired) electrons. The van der Waals surface area contributed by atoms with Crippen molar-refractivity contribution in [3.05, 3.63) is 18.0 Å². The molecule has 0 bridgehead atoms. The summed E-state index contributed by atoms with van der Waals surface area (Å²) in [4.78, 5) is 10.8. The molecule has 0 aliphatic carbocycles. The number of likely N-dealkylation sites (N-methyl/N-ethyl adjacent to an activating group) is 1. The van der Waals surface area contributed by atoms with Crippen LogP contribution in [0.5, 0.6) is 0 Å². The molecule has 0 saturated carbocycles. The number of anilines is 1. The molecule has 0 spiro atoms. The van der Waals surface area contributed by atoms with Gasteiger partial charge in [0.05, 0.1) is 6.61 Å². The number of nitrogens with zero attached hydrogens (tertiary/aromatic N) is 3. The second-order valence-corrected chi connectivity index (χ2v) is 3.49. The van der Waals surface area contributed by atoms with Crippen LogP contribution in [0.3, 0.4) is 0 Å². The lowest BCUT2D eigenvalue weighted by molar-refractivity contribution is 0.205. The molecule has 0 aliphatic rings. The van der Waals surface area contributed by atoms with Gasteiger partial charge in [0.25, 0.3) is 0 Å². The lowest BCUT2D eigenvalue weighted by atomic mass is 10.3. The van der Waals surface area contributed by atoms with Crippen molar-refractivity contribution in [1.29, 1.82) is 0 Å². The zero-order chi connectivity index (χ0) is 11.8. The van der Waals surface area contributed by atoms with Crippen LogP contribution in [0.1, 0.15) is 12.5 Å². The van der Waals surface area contributed by atoms with Gasteiger partial charge in [-0.1, -0.05) is 0 Å². The molecular weight excluding hydrogens is 204 g/mol. The summed E-state index contributed by atoms with van der Waals surface area (Å²) in [7, 11) is 3.61. The molecule has 1 N–H and O–H groups in total. The second-order valence-electron chi connectivity index (χ2n) is 3.49. The third-order valence-electron chi connectivity index (χ3n) is 2.30. The normalized spacial score (nSPS) is 10.4. The summed E-state index contributed by atoms with van der Waals surface area (Å²) >= 11 is 0. The summed E-state index contributed by atoms with van der Waals surface area (Å²) in [5.41, 5.74) is 1.09. The van der Waals surface area contributed by atoms with E-state index in [0.717, 1.165) is 31.1 Å². The first-order valence-corrected chi connectivity index (χ1v) is 5.51. The quantitative estimate of drug-likeness (QED) is 0.737. The van der Waals surface area contributed by atoms with Crippen LogP contribution >= 0.6 is 0 Å². The van der Waals surface area contributed by atoms with Gasteiger partial charge in [-0.25, -0.2) is 9.97 Å². The van der Waals surface area contributed by atoms with Crippen molar-refractivity contribution in [1.82, 2.24) is 15.3 Å². The molecule has 16 heavy (non-hydrogen) atoms. The Hall–Kier alpha value is -1.20. The van der Waals surface area contributed by atoms with E-state index in [1.54, 1.807) is 7.11 Å². The predicted molar refractivity (Wildman–Crippen MR) is 64.6 cm³/mol. The first-order chi connectivity index (χ1) is 7.81. The molecule has 5 heteroatoms. The lowest BCUT2D eigenvalue weighted by Gasteiger charge is -2.20. The molecule has 0 saturated heterocycles. The van der Waals surface area contributed by atoms with Crippen LogP contribution in [0.2, 0.25) is 0 Å². The molecule has 1 heterocycles. The minimum Gasteiger partial charge on any atom is -0.383 e. The highest BCUT2D eigenvalue weighted by atomic mass is 16.5. The molecule has 5 nitrogen and oxygen atoms in total. The van der Waals surface area contributed by atoms with Crippen molar-refractivity contribution in [3.63, 3.8) is 0 Å². The standard InChI is InChI=1S/C11H20N4O/c1-4-15(5-6-16-3)11-13-8-10(7-12-2)9-14-11/h8-9,12H,4-7H2,1-3H3. The summed E-state index contributed by atoms with van der Waals surface area (Å²) in [6, 6.07) is 0. The van der Waals surface area contributed by atoms with Gasteiger partial charge in [0.2, 0.25) is 5.95 Å². The van der Waals surface area contributed by atoms with Gasteiger partial charge >= 0.3 is 0 Å². The fourth-order valence-electron chi connectivity index (χ4n) is 1.41. The van der Waals surface area contributed by atoms with E-state index in [9.17, 15) is 0 Å². The van der Waals surface area contributed by atoms with Crippen LogP contribution in [0, 0.1) is 0 Å². The number of nitrogens with one attached hydrogen (secondary N) is 1. The number of hydrogen-bond acceptors (Lipinski definition) is 5. The molecule has 0 atom stereocenters. The van der Waals surface area contributed by atoms with Gasteiger partial charge < -0.3 is 15.0 Å². The van der Waals surface area contributed by atoms with E-state index in [2.05, 4.69) is 27.1 Å². The Kier molecular flexibility index (Phi) is 5.74. The molecule has 0 unspecified atom stereocenters. The monoisotopic (exact) mass is 224 g/mol. The third-order valence-corrected chi connectivity index (χ3v) is 2.30. The molecule has 90 valence electrons. The van der Waals surface area contributed by atoms with Gasteiger partial charge in [-0.2, -0.15) is 0 Å². The summed E-state index contributed by atoms with van der Waals surface area (Å²) in [6.45, 7) is 5.27. The zero-order valence-electron chi connectivity index (χ0n) is 10.2. The Labute approximate surface area is 96.8 Å². The minimum atomic E-state index is 0.690. The second kappa shape index (κ2) is 7.14. The molecule has 0 fully saturated rings. The Morgan fingerprint density at radius 3 is 2.56 bits per heavy atom. The Morgan fingerprint density at radius 1 is 1.38 bits per heavy atom. The number of rotatable bonds is 7. The lowest BCUT2D eigenvalue weighted by Crippen LogP contribution is -2.28. The number of ether oxygens (including phenoxy) is 1. The van der Waals surface area contributed by atoms with Crippen molar-refractivity contribution in [2.45, 2.75) is 13.5 Å². The van der Waals surface area contributed by atoms with Gasteiger partial charge in [-0.3, -0.25) is 0 Å². The van der Waals surface area contributed by atoms with Crippen molar-refractivity contribution in [2.24, 2.45) is 0 Å². The molecule has 0 aliphatic heterocycles. The molecule has 1 aromatic rings.